The van der Waals surface area contributed by atoms with Crippen molar-refractivity contribution < 1.29 is 8.95 Å². The summed E-state index contributed by atoms with van der Waals surface area (Å²) in [6.45, 7) is 2.16. The van der Waals surface area contributed by atoms with Gasteiger partial charge in [-0.15, -0.1) is 0 Å². The quantitative estimate of drug-likeness (QED) is 0.821. The van der Waals surface area contributed by atoms with E-state index in [1.54, 1.807) is 7.11 Å². The van der Waals surface area contributed by atoms with Crippen molar-refractivity contribution in [1.29, 1.82) is 0 Å². The summed E-state index contributed by atoms with van der Waals surface area (Å²) in [5.41, 5.74) is 8.76. The van der Waals surface area contributed by atoms with Crippen LogP contribution in [0, 0.1) is 0 Å². The van der Waals surface area contributed by atoms with Crippen LogP contribution in [-0.2, 0) is 17.2 Å². The highest BCUT2D eigenvalue weighted by molar-refractivity contribution is 7.85. The van der Waals surface area contributed by atoms with Crippen molar-refractivity contribution in [2.45, 2.75) is 50.3 Å². The van der Waals surface area contributed by atoms with Crippen LogP contribution in [0.5, 0.6) is 5.75 Å². The van der Waals surface area contributed by atoms with E-state index in [4.69, 9.17) is 10.5 Å². The number of hydrogen-bond donors (Lipinski definition) is 1. The Morgan fingerprint density at radius 3 is 2.90 bits per heavy atom. The van der Waals surface area contributed by atoms with Crippen molar-refractivity contribution >= 4 is 10.8 Å². The number of fused-ring (bicyclic) bond motifs is 1. The molecule has 0 amide bonds. The number of rotatable bonds is 6. The van der Waals surface area contributed by atoms with Gasteiger partial charge < -0.3 is 10.5 Å². The molecule has 0 radical (unpaired) electrons. The molecular weight excluding hydrogens is 270 g/mol. The Labute approximate surface area is 124 Å². The van der Waals surface area contributed by atoms with Crippen molar-refractivity contribution in [3.63, 3.8) is 0 Å². The number of nitrogens with two attached hydrogens (primary N) is 1. The monoisotopic (exact) mass is 295 g/mol. The van der Waals surface area contributed by atoms with Gasteiger partial charge in [0, 0.05) is 22.6 Å². The molecule has 0 aliphatic heterocycles. The molecule has 0 heterocycles. The zero-order chi connectivity index (χ0) is 14.5. The molecule has 4 heteroatoms. The Balaban J connectivity index is 2.09. The Morgan fingerprint density at radius 2 is 2.20 bits per heavy atom. The summed E-state index contributed by atoms with van der Waals surface area (Å²) in [4.78, 5) is 0. The zero-order valence-corrected chi connectivity index (χ0v) is 13.2. The fourth-order valence-corrected chi connectivity index (χ4v) is 4.50. The van der Waals surface area contributed by atoms with Crippen molar-refractivity contribution in [2.75, 3.05) is 12.9 Å². The summed E-state index contributed by atoms with van der Waals surface area (Å²) < 4.78 is 17.7. The highest BCUT2D eigenvalue weighted by Crippen LogP contribution is 2.33. The first kappa shape index (κ1) is 15.5. The standard InChI is InChI=1S/C16H25NO2S/c1-3-4-5-10-20(18)15-9-7-12-6-8-13(19-2)11-14(12)16(15)17/h6,8,11,15-16H,3-5,7,9-10,17H2,1-2H3. The van der Waals surface area contributed by atoms with E-state index in [-0.39, 0.29) is 11.3 Å². The second kappa shape index (κ2) is 7.23. The Kier molecular flexibility index (Phi) is 5.61. The van der Waals surface area contributed by atoms with Crippen molar-refractivity contribution in [3.05, 3.63) is 29.3 Å². The summed E-state index contributed by atoms with van der Waals surface area (Å²) in [7, 11) is 0.843. The predicted octanol–water partition coefficient (Wildman–Crippen LogP) is 2.95. The van der Waals surface area contributed by atoms with Gasteiger partial charge in [0.1, 0.15) is 5.75 Å². The Morgan fingerprint density at radius 1 is 1.40 bits per heavy atom. The summed E-state index contributed by atoms with van der Waals surface area (Å²) in [6.07, 6.45) is 5.25. The molecule has 0 fully saturated rings. The van der Waals surface area contributed by atoms with E-state index >= 15 is 0 Å². The molecule has 1 aromatic carbocycles. The highest BCUT2D eigenvalue weighted by atomic mass is 32.2. The molecule has 3 unspecified atom stereocenters. The van der Waals surface area contributed by atoms with Gasteiger partial charge in [-0.05, 0) is 42.5 Å². The molecule has 3 nitrogen and oxygen atoms in total. The minimum absolute atomic E-state index is 0.0893. The van der Waals surface area contributed by atoms with Crippen LogP contribution in [0.3, 0.4) is 0 Å². The van der Waals surface area contributed by atoms with E-state index in [1.165, 1.54) is 5.56 Å². The van der Waals surface area contributed by atoms with E-state index in [2.05, 4.69) is 13.0 Å². The molecule has 2 rings (SSSR count). The van der Waals surface area contributed by atoms with Gasteiger partial charge in [-0.2, -0.15) is 0 Å². The Bertz CT molecular complexity index is 476. The maximum Gasteiger partial charge on any atom is 0.119 e. The number of benzene rings is 1. The molecule has 112 valence electrons. The average Bonchev–Trinajstić information content (AvgIpc) is 2.47. The first-order valence-electron chi connectivity index (χ1n) is 7.47. The summed E-state index contributed by atoms with van der Waals surface area (Å²) in [5.74, 6) is 1.61. The molecule has 3 atom stereocenters. The molecule has 1 aliphatic carbocycles. The zero-order valence-electron chi connectivity index (χ0n) is 12.4. The van der Waals surface area contributed by atoms with Gasteiger partial charge in [-0.1, -0.05) is 25.8 Å². The topological polar surface area (TPSA) is 52.3 Å². The van der Waals surface area contributed by atoms with Gasteiger partial charge in [-0.25, -0.2) is 0 Å². The first-order chi connectivity index (χ1) is 9.67. The van der Waals surface area contributed by atoms with Crippen LogP contribution in [0.4, 0.5) is 0 Å². The van der Waals surface area contributed by atoms with Crippen LogP contribution in [0.2, 0.25) is 0 Å². The fourth-order valence-electron chi connectivity index (χ4n) is 2.86. The van der Waals surface area contributed by atoms with E-state index < -0.39 is 10.8 Å². The van der Waals surface area contributed by atoms with Crippen LogP contribution >= 0.6 is 0 Å². The third-order valence-corrected chi connectivity index (χ3v) is 5.99. The number of hydrogen-bond acceptors (Lipinski definition) is 3. The van der Waals surface area contributed by atoms with E-state index in [0.717, 1.165) is 49.2 Å². The second-order valence-corrected chi connectivity index (χ2v) is 7.23. The molecule has 0 saturated heterocycles. The molecule has 0 bridgehead atoms. The molecule has 1 aliphatic rings. The summed E-state index contributed by atoms with van der Waals surface area (Å²) in [5, 5.41) is 0.0893. The Hall–Kier alpha value is -0.870. The van der Waals surface area contributed by atoms with Crippen LogP contribution in [-0.4, -0.2) is 22.3 Å². The largest absolute Gasteiger partial charge is 0.497 e. The minimum Gasteiger partial charge on any atom is -0.497 e. The van der Waals surface area contributed by atoms with Crippen LogP contribution < -0.4 is 10.5 Å². The predicted molar refractivity (Wildman–Crippen MR) is 84.6 cm³/mol. The molecular formula is C16H25NO2S. The first-order valence-corrected chi connectivity index (χ1v) is 8.85. The normalized spacial score (nSPS) is 23.1. The lowest BCUT2D eigenvalue weighted by Crippen LogP contribution is -2.35. The third-order valence-electron chi connectivity index (χ3n) is 4.10. The molecule has 1 aromatic rings. The maximum absolute atomic E-state index is 12.4. The van der Waals surface area contributed by atoms with Gasteiger partial charge in [0.2, 0.25) is 0 Å². The molecule has 2 N–H and O–H groups in total. The SMILES string of the molecule is CCCCCS(=O)C1CCc2ccc(OC)cc2C1N. The van der Waals surface area contributed by atoms with Crippen LogP contribution in [0.25, 0.3) is 0 Å². The molecule has 0 aromatic heterocycles. The lowest BCUT2D eigenvalue weighted by atomic mass is 9.87. The minimum atomic E-state index is -0.820. The smallest absolute Gasteiger partial charge is 0.119 e. The summed E-state index contributed by atoms with van der Waals surface area (Å²) >= 11 is 0. The van der Waals surface area contributed by atoms with Gasteiger partial charge in [0.15, 0.2) is 0 Å². The molecule has 0 spiro atoms. The van der Waals surface area contributed by atoms with Crippen LogP contribution in [0.1, 0.15) is 49.8 Å². The van der Waals surface area contributed by atoms with Crippen molar-refractivity contribution in [1.82, 2.24) is 0 Å². The molecule has 20 heavy (non-hydrogen) atoms. The van der Waals surface area contributed by atoms with Gasteiger partial charge in [-0.3, -0.25) is 4.21 Å². The van der Waals surface area contributed by atoms with Crippen molar-refractivity contribution in [2.24, 2.45) is 5.73 Å². The van der Waals surface area contributed by atoms with E-state index in [1.807, 2.05) is 12.1 Å². The van der Waals surface area contributed by atoms with Gasteiger partial charge in [0.25, 0.3) is 0 Å². The maximum atomic E-state index is 12.4. The number of unbranched alkanes of at least 4 members (excludes halogenated alkanes) is 2. The highest BCUT2D eigenvalue weighted by Gasteiger charge is 2.30. The molecule has 0 saturated carbocycles. The number of aryl methyl sites for hydroxylation is 1. The van der Waals surface area contributed by atoms with Gasteiger partial charge in [0.05, 0.1) is 12.4 Å². The lowest BCUT2D eigenvalue weighted by Gasteiger charge is -2.30. The van der Waals surface area contributed by atoms with Gasteiger partial charge >= 0.3 is 0 Å². The number of methoxy groups -OCH3 is 1. The summed E-state index contributed by atoms with van der Waals surface area (Å²) in [6, 6.07) is 5.94. The van der Waals surface area contributed by atoms with Crippen molar-refractivity contribution in [3.8, 4) is 5.75 Å². The van der Waals surface area contributed by atoms with E-state index in [9.17, 15) is 4.21 Å². The lowest BCUT2D eigenvalue weighted by molar-refractivity contribution is 0.412. The third kappa shape index (κ3) is 3.41. The average molecular weight is 295 g/mol. The van der Waals surface area contributed by atoms with E-state index in [0.29, 0.717) is 0 Å². The number of ether oxygens (including phenoxy) is 1. The second-order valence-electron chi connectivity index (χ2n) is 5.46. The fraction of sp³-hybridized carbons (Fsp3) is 0.625. The van der Waals surface area contributed by atoms with Crippen LogP contribution in [0.15, 0.2) is 18.2 Å².